The van der Waals surface area contributed by atoms with Crippen molar-refractivity contribution in [2.75, 3.05) is 0 Å². The zero-order valence-electron chi connectivity index (χ0n) is 8.35. The van der Waals surface area contributed by atoms with Crippen LogP contribution in [-0.2, 0) is 0 Å². The standard InChI is InChI=1S/C12H9ClN2O/c13-9-1-3-10(4-2-9)15-8-12-6-5-11(7-14)16-12/h1-8,14H/b14-7?,15-8+. The van der Waals surface area contributed by atoms with Crippen LogP contribution in [0.15, 0.2) is 45.8 Å². The van der Waals surface area contributed by atoms with Gasteiger partial charge in [-0.2, -0.15) is 0 Å². The molecule has 0 fully saturated rings. The van der Waals surface area contributed by atoms with E-state index in [1.165, 1.54) is 0 Å². The Labute approximate surface area is 97.9 Å². The van der Waals surface area contributed by atoms with E-state index in [0.717, 1.165) is 11.9 Å². The van der Waals surface area contributed by atoms with Crippen molar-refractivity contribution in [2.24, 2.45) is 4.99 Å². The van der Waals surface area contributed by atoms with Crippen LogP contribution >= 0.6 is 11.6 Å². The minimum Gasteiger partial charge on any atom is -0.454 e. The van der Waals surface area contributed by atoms with E-state index in [-0.39, 0.29) is 0 Å². The number of hydrogen-bond donors (Lipinski definition) is 1. The highest BCUT2D eigenvalue weighted by atomic mass is 35.5. The lowest BCUT2D eigenvalue weighted by atomic mass is 10.3. The first-order valence-corrected chi connectivity index (χ1v) is 5.06. The summed E-state index contributed by atoms with van der Waals surface area (Å²) >= 11 is 5.76. The molecule has 4 heteroatoms. The van der Waals surface area contributed by atoms with Gasteiger partial charge in [-0.15, -0.1) is 0 Å². The molecule has 80 valence electrons. The minimum absolute atomic E-state index is 0.512. The molecule has 1 aromatic heterocycles. The summed E-state index contributed by atoms with van der Waals surface area (Å²) in [5.41, 5.74) is 0.803. The van der Waals surface area contributed by atoms with E-state index in [2.05, 4.69) is 4.99 Å². The van der Waals surface area contributed by atoms with Crippen molar-refractivity contribution < 1.29 is 4.42 Å². The van der Waals surface area contributed by atoms with Gasteiger partial charge in [0.1, 0.15) is 11.5 Å². The summed E-state index contributed by atoms with van der Waals surface area (Å²) in [6.45, 7) is 0. The van der Waals surface area contributed by atoms with Crippen molar-refractivity contribution in [2.45, 2.75) is 0 Å². The molecule has 2 aromatic rings. The van der Waals surface area contributed by atoms with Gasteiger partial charge in [-0.25, -0.2) is 0 Å². The van der Waals surface area contributed by atoms with Crippen LogP contribution in [0, 0.1) is 5.41 Å². The van der Waals surface area contributed by atoms with Crippen LogP contribution in [-0.4, -0.2) is 12.4 Å². The summed E-state index contributed by atoms with van der Waals surface area (Å²) in [5.74, 6) is 1.13. The van der Waals surface area contributed by atoms with Gasteiger partial charge in [0.25, 0.3) is 0 Å². The first-order chi connectivity index (χ1) is 7.78. The average molecular weight is 233 g/mol. The monoisotopic (exact) mass is 232 g/mol. The normalized spacial score (nSPS) is 10.8. The maximum atomic E-state index is 7.00. The summed E-state index contributed by atoms with van der Waals surface area (Å²) in [4.78, 5) is 4.21. The summed E-state index contributed by atoms with van der Waals surface area (Å²) in [6.07, 6.45) is 2.76. The second-order valence-corrected chi connectivity index (χ2v) is 3.56. The molecule has 1 aromatic carbocycles. The van der Waals surface area contributed by atoms with E-state index in [0.29, 0.717) is 16.5 Å². The van der Waals surface area contributed by atoms with E-state index in [9.17, 15) is 0 Å². The fourth-order valence-electron chi connectivity index (χ4n) is 1.18. The molecular weight excluding hydrogens is 224 g/mol. The van der Waals surface area contributed by atoms with Crippen LogP contribution in [0.2, 0.25) is 5.02 Å². The summed E-state index contributed by atoms with van der Waals surface area (Å²) in [5, 5.41) is 7.68. The average Bonchev–Trinajstić information content (AvgIpc) is 2.76. The first-order valence-electron chi connectivity index (χ1n) is 4.68. The molecule has 2 rings (SSSR count). The van der Waals surface area contributed by atoms with Crippen LogP contribution in [0.4, 0.5) is 5.69 Å². The number of aliphatic imine (C=N–C) groups is 1. The maximum absolute atomic E-state index is 7.00. The molecule has 0 aliphatic heterocycles. The van der Waals surface area contributed by atoms with Crippen molar-refractivity contribution in [3.63, 3.8) is 0 Å². The molecule has 0 bridgehead atoms. The van der Waals surface area contributed by atoms with Crippen LogP contribution in [0.25, 0.3) is 0 Å². The van der Waals surface area contributed by atoms with Crippen molar-refractivity contribution >= 4 is 29.7 Å². The molecule has 0 aliphatic carbocycles. The van der Waals surface area contributed by atoms with Gasteiger partial charge in [0, 0.05) is 5.02 Å². The topological polar surface area (TPSA) is 49.4 Å². The molecule has 0 spiro atoms. The largest absolute Gasteiger partial charge is 0.454 e. The molecular formula is C12H9ClN2O. The zero-order valence-corrected chi connectivity index (χ0v) is 9.11. The Hall–Kier alpha value is -1.87. The van der Waals surface area contributed by atoms with Gasteiger partial charge >= 0.3 is 0 Å². The Bertz CT molecular complexity index is 514. The first kappa shape index (κ1) is 10.6. The molecule has 0 atom stereocenters. The Balaban J connectivity index is 2.14. The van der Waals surface area contributed by atoms with Crippen LogP contribution in [0.3, 0.4) is 0 Å². The lowest BCUT2D eigenvalue weighted by molar-refractivity contribution is 0.553. The van der Waals surface area contributed by atoms with E-state index >= 15 is 0 Å². The molecule has 3 nitrogen and oxygen atoms in total. The van der Waals surface area contributed by atoms with E-state index in [1.807, 2.05) is 12.1 Å². The molecule has 1 N–H and O–H groups in total. The second-order valence-electron chi connectivity index (χ2n) is 3.12. The lowest BCUT2D eigenvalue weighted by Crippen LogP contribution is -1.75. The number of halogens is 1. The Morgan fingerprint density at radius 3 is 2.38 bits per heavy atom. The quantitative estimate of drug-likeness (QED) is 0.807. The molecule has 0 aliphatic rings. The third-order valence-electron chi connectivity index (χ3n) is 1.96. The number of benzene rings is 1. The van der Waals surface area contributed by atoms with E-state index < -0.39 is 0 Å². The highest BCUT2D eigenvalue weighted by Crippen LogP contribution is 2.16. The number of furan rings is 1. The van der Waals surface area contributed by atoms with Crippen LogP contribution in [0.5, 0.6) is 0 Å². The van der Waals surface area contributed by atoms with Crippen LogP contribution < -0.4 is 0 Å². The predicted octanol–water partition coefficient (Wildman–Crippen LogP) is 3.68. The highest BCUT2D eigenvalue weighted by molar-refractivity contribution is 6.30. The molecule has 0 unspecified atom stereocenters. The summed E-state index contributed by atoms with van der Waals surface area (Å²) in [7, 11) is 0. The number of rotatable bonds is 3. The Morgan fingerprint density at radius 1 is 1.06 bits per heavy atom. The van der Waals surface area contributed by atoms with E-state index in [4.69, 9.17) is 21.4 Å². The molecule has 0 radical (unpaired) electrons. The third-order valence-corrected chi connectivity index (χ3v) is 2.21. The highest BCUT2D eigenvalue weighted by Gasteiger charge is 1.95. The van der Waals surface area contributed by atoms with Gasteiger partial charge in [-0.1, -0.05) is 11.6 Å². The fraction of sp³-hybridized carbons (Fsp3) is 0. The smallest absolute Gasteiger partial charge is 0.145 e. The van der Waals surface area contributed by atoms with Gasteiger partial charge in [0.15, 0.2) is 0 Å². The van der Waals surface area contributed by atoms with E-state index in [1.54, 1.807) is 30.5 Å². The van der Waals surface area contributed by atoms with Crippen molar-refractivity contribution in [1.82, 2.24) is 0 Å². The summed E-state index contributed by atoms with van der Waals surface area (Å²) < 4.78 is 5.26. The SMILES string of the molecule is N=Cc1ccc(/C=N/c2ccc(Cl)cc2)o1. The molecule has 16 heavy (non-hydrogen) atoms. The Morgan fingerprint density at radius 2 is 1.75 bits per heavy atom. The lowest BCUT2D eigenvalue weighted by Gasteiger charge is -1.92. The predicted molar refractivity (Wildman–Crippen MR) is 65.3 cm³/mol. The van der Waals surface area contributed by atoms with Crippen LogP contribution in [0.1, 0.15) is 11.5 Å². The van der Waals surface area contributed by atoms with Crippen molar-refractivity contribution in [1.29, 1.82) is 5.41 Å². The van der Waals surface area contributed by atoms with Gasteiger partial charge in [-0.3, -0.25) is 4.99 Å². The minimum atomic E-state index is 0.512. The third kappa shape index (κ3) is 2.58. The number of nitrogens with one attached hydrogen (secondary N) is 1. The summed E-state index contributed by atoms with van der Waals surface area (Å²) in [6, 6.07) is 10.7. The van der Waals surface area contributed by atoms with Gasteiger partial charge in [0.05, 0.1) is 18.1 Å². The fourth-order valence-corrected chi connectivity index (χ4v) is 1.31. The van der Waals surface area contributed by atoms with Crippen molar-refractivity contribution in [3.05, 3.63) is 52.9 Å². The van der Waals surface area contributed by atoms with Crippen molar-refractivity contribution in [3.8, 4) is 0 Å². The molecule has 0 saturated heterocycles. The number of hydrogen-bond acceptors (Lipinski definition) is 3. The zero-order chi connectivity index (χ0) is 11.4. The molecule has 0 amide bonds. The van der Waals surface area contributed by atoms with Gasteiger partial charge in [-0.05, 0) is 36.4 Å². The Kier molecular flexibility index (Phi) is 3.17. The maximum Gasteiger partial charge on any atom is 0.145 e. The molecule has 0 saturated carbocycles. The second kappa shape index (κ2) is 4.77. The van der Waals surface area contributed by atoms with Gasteiger partial charge in [0.2, 0.25) is 0 Å². The molecule has 1 heterocycles. The number of nitrogens with zero attached hydrogens (tertiary/aromatic N) is 1. The van der Waals surface area contributed by atoms with Gasteiger partial charge < -0.3 is 9.83 Å².